The molecular formula is C6H11NO2. The van der Waals surface area contributed by atoms with E-state index in [4.69, 9.17) is 5.73 Å². The number of carbonyl (C=O) groups excluding carboxylic acids is 2. The molecule has 0 aliphatic carbocycles. The molecule has 0 aromatic carbocycles. The Morgan fingerprint density at radius 2 is 2.11 bits per heavy atom. The van der Waals surface area contributed by atoms with E-state index in [9.17, 15) is 9.59 Å². The fraction of sp³-hybridized carbons (Fsp3) is 0.667. The third-order valence-electron chi connectivity index (χ3n) is 0.987. The van der Waals surface area contributed by atoms with Gasteiger partial charge in [0.2, 0.25) is 0 Å². The first-order valence-corrected chi connectivity index (χ1v) is 2.74. The minimum atomic E-state index is -0.860. The van der Waals surface area contributed by atoms with Crippen molar-refractivity contribution >= 4 is 12.1 Å². The highest BCUT2D eigenvalue weighted by molar-refractivity contribution is 5.95. The Bertz CT molecular complexity index is 124. The van der Waals surface area contributed by atoms with E-state index in [2.05, 4.69) is 0 Å². The van der Waals surface area contributed by atoms with Gasteiger partial charge in [-0.3, -0.25) is 4.79 Å². The molecule has 3 heteroatoms. The zero-order valence-electron chi connectivity index (χ0n) is 5.68. The monoisotopic (exact) mass is 129 g/mol. The number of hydrogen-bond acceptors (Lipinski definition) is 3. The zero-order valence-corrected chi connectivity index (χ0v) is 5.68. The van der Waals surface area contributed by atoms with Crippen molar-refractivity contribution in [3.63, 3.8) is 0 Å². The van der Waals surface area contributed by atoms with Crippen LogP contribution in [0.15, 0.2) is 0 Å². The Morgan fingerprint density at radius 3 is 2.22 bits per heavy atom. The molecule has 52 valence electrons. The molecule has 0 heterocycles. The summed E-state index contributed by atoms with van der Waals surface area (Å²) in [5.41, 5.74) is 4.50. The van der Waals surface area contributed by atoms with Crippen molar-refractivity contribution in [3.8, 4) is 0 Å². The molecule has 0 aliphatic rings. The van der Waals surface area contributed by atoms with Crippen molar-refractivity contribution in [1.82, 2.24) is 0 Å². The Morgan fingerprint density at radius 1 is 1.67 bits per heavy atom. The molecule has 0 fully saturated rings. The van der Waals surface area contributed by atoms with Crippen LogP contribution < -0.4 is 5.73 Å². The average Bonchev–Trinajstić information content (AvgIpc) is 1.64. The number of ketones is 1. The van der Waals surface area contributed by atoms with Crippen LogP contribution in [0.5, 0.6) is 0 Å². The standard InChI is InChI=1S/C6H11NO2/c1-6(2,7)5(9)3-4-8/h4H,3,7H2,1-2H3. The molecule has 0 aromatic rings. The van der Waals surface area contributed by atoms with Crippen molar-refractivity contribution in [2.75, 3.05) is 0 Å². The van der Waals surface area contributed by atoms with E-state index in [1.807, 2.05) is 0 Å². The highest BCUT2D eigenvalue weighted by Crippen LogP contribution is 1.99. The summed E-state index contributed by atoms with van der Waals surface area (Å²) in [5, 5.41) is 0. The highest BCUT2D eigenvalue weighted by Gasteiger charge is 2.20. The highest BCUT2D eigenvalue weighted by atomic mass is 16.1. The van der Waals surface area contributed by atoms with Gasteiger partial charge in [0.25, 0.3) is 0 Å². The Balaban J connectivity index is 3.88. The second-order valence-corrected chi connectivity index (χ2v) is 2.52. The van der Waals surface area contributed by atoms with Gasteiger partial charge in [0.15, 0.2) is 5.78 Å². The fourth-order valence-electron chi connectivity index (χ4n) is 0.339. The number of rotatable bonds is 3. The van der Waals surface area contributed by atoms with Crippen LogP contribution in [0.1, 0.15) is 20.3 Å². The van der Waals surface area contributed by atoms with Crippen LogP contribution in [-0.2, 0) is 9.59 Å². The van der Waals surface area contributed by atoms with Crippen LogP contribution >= 0.6 is 0 Å². The lowest BCUT2D eigenvalue weighted by molar-refractivity contribution is -0.125. The number of Topliss-reactive ketones (excluding diaryl/α,β-unsaturated/α-hetero) is 1. The lowest BCUT2D eigenvalue weighted by atomic mass is 9.99. The van der Waals surface area contributed by atoms with Crippen LogP contribution in [-0.4, -0.2) is 17.6 Å². The predicted molar refractivity (Wildman–Crippen MR) is 34.0 cm³/mol. The van der Waals surface area contributed by atoms with Crippen molar-refractivity contribution < 1.29 is 9.59 Å². The van der Waals surface area contributed by atoms with Gasteiger partial charge >= 0.3 is 0 Å². The Hall–Kier alpha value is -0.700. The molecule has 0 aromatic heterocycles. The van der Waals surface area contributed by atoms with Crippen molar-refractivity contribution in [2.45, 2.75) is 25.8 Å². The van der Waals surface area contributed by atoms with E-state index in [0.717, 1.165) is 0 Å². The molecule has 0 unspecified atom stereocenters. The molecule has 0 saturated heterocycles. The van der Waals surface area contributed by atoms with Gasteiger partial charge in [-0.25, -0.2) is 0 Å². The fourth-order valence-corrected chi connectivity index (χ4v) is 0.339. The maximum atomic E-state index is 10.7. The molecule has 0 radical (unpaired) electrons. The quantitative estimate of drug-likeness (QED) is 0.427. The van der Waals surface area contributed by atoms with Crippen LogP contribution in [0.3, 0.4) is 0 Å². The van der Waals surface area contributed by atoms with Gasteiger partial charge in [-0.15, -0.1) is 0 Å². The molecule has 2 N–H and O–H groups in total. The lowest BCUT2D eigenvalue weighted by Crippen LogP contribution is -2.41. The van der Waals surface area contributed by atoms with Gasteiger partial charge in [0.05, 0.1) is 12.0 Å². The number of hydrogen-bond donors (Lipinski definition) is 1. The topological polar surface area (TPSA) is 60.2 Å². The summed E-state index contributed by atoms with van der Waals surface area (Å²) in [7, 11) is 0. The van der Waals surface area contributed by atoms with Crippen LogP contribution in [0.2, 0.25) is 0 Å². The van der Waals surface area contributed by atoms with E-state index in [-0.39, 0.29) is 12.2 Å². The summed E-state index contributed by atoms with van der Waals surface area (Å²) < 4.78 is 0. The van der Waals surface area contributed by atoms with E-state index in [0.29, 0.717) is 6.29 Å². The molecular weight excluding hydrogens is 118 g/mol. The van der Waals surface area contributed by atoms with Gasteiger partial charge in [-0.1, -0.05) is 0 Å². The number of carbonyl (C=O) groups is 2. The number of aldehydes is 1. The average molecular weight is 129 g/mol. The third kappa shape index (κ3) is 2.98. The predicted octanol–water partition coefficient (Wildman–Crippen LogP) is -0.118. The first kappa shape index (κ1) is 8.30. The Labute approximate surface area is 54.2 Å². The zero-order chi connectivity index (χ0) is 7.49. The minimum absolute atomic E-state index is 0.0799. The van der Waals surface area contributed by atoms with Crippen molar-refractivity contribution in [3.05, 3.63) is 0 Å². The van der Waals surface area contributed by atoms with Gasteiger partial charge in [-0.05, 0) is 13.8 Å². The second kappa shape index (κ2) is 2.73. The molecule has 0 saturated carbocycles. The van der Waals surface area contributed by atoms with E-state index < -0.39 is 5.54 Å². The number of nitrogens with two attached hydrogens (primary N) is 1. The summed E-state index contributed by atoms with van der Waals surface area (Å²) in [6.45, 7) is 3.16. The lowest BCUT2D eigenvalue weighted by Gasteiger charge is -2.13. The molecule has 0 atom stereocenters. The molecule has 3 nitrogen and oxygen atoms in total. The largest absolute Gasteiger partial charge is 0.319 e. The Kier molecular flexibility index (Phi) is 2.52. The maximum absolute atomic E-state index is 10.7. The maximum Gasteiger partial charge on any atom is 0.159 e. The van der Waals surface area contributed by atoms with Gasteiger partial charge < -0.3 is 10.5 Å². The normalized spacial score (nSPS) is 11.0. The van der Waals surface area contributed by atoms with Crippen LogP contribution in [0.25, 0.3) is 0 Å². The van der Waals surface area contributed by atoms with E-state index >= 15 is 0 Å². The third-order valence-corrected chi connectivity index (χ3v) is 0.987. The molecule has 0 bridgehead atoms. The van der Waals surface area contributed by atoms with Gasteiger partial charge in [0.1, 0.15) is 6.29 Å². The summed E-state index contributed by atoms with van der Waals surface area (Å²) in [6, 6.07) is 0. The second-order valence-electron chi connectivity index (χ2n) is 2.52. The molecule has 0 aliphatic heterocycles. The van der Waals surface area contributed by atoms with Crippen LogP contribution in [0, 0.1) is 0 Å². The van der Waals surface area contributed by atoms with E-state index in [1.165, 1.54) is 0 Å². The van der Waals surface area contributed by atoms with Gasteiger partial charge in [-0.2, -0.15) is 0 Å². The molecule has 0 spiro atoms. The summed E-state index contributed by atoms with van der Waals surface area (Å²) >= 11 is 0. The SMILES string of the molecule is CC(C)(N)C(=O)CC=O. The first-order valence-electron chi connectivity index (χ1n) is 2.74. The van der Waals surface area contributed by atoms with Crippen molar-refractivity contribution in [1.29, 1.82) is 0 Å². The summed E-state index contributed by atoms with van der Waals surface area (Å²) in [6.07, 6.45) is 0.487. The molecule has 0 amide bonds. The van der Waals surface area contributed by atoms with E-state index in [1.54, 1.807) is 13.8 Å². The summed E-state index contributed by atoms with van der Waals surface area (Å²) in [4.78, 5) is 20.5. The first-order chi connectivity index (χ1) is 3.98. The van der Waals surface area contributed by atoms with Crippen molar-refractivity contribution in [2.24, 2.45) is 5.73 Å². The van der Waals surface area contributed by atoms with Crippen LogP contribution in [0.4, 0.5) is 0 Å². The molecule has 0 rings (SSSR count). The molecule has 9 heavy (non-hydrogen) atoms. The summed E-state index contributed by atoms with van der Waals surface area (Å²) in [5.74, 6) is -0.225. The van der Waals surface area contributed by atoms with Gasteiger partial charge in [0, 0.05) is 0 Å². The minimum Gasteiger partial charge on any atom is -0.319 e. The smallest absolute Gasteiger partial charge is 0.159 e.